The molecule has 3 aromatic rings. The fourth-order valence-corrected chi connectivity index (χ4v) is 5.36. The van der Waals surface area contributed by atoms with Crippen LogP contribution in [-0.4, -0.2) is 28.3 Å². The number of carbonyl (C=O) groups is 1. The fourth-order valence-electron chi connectivity index (χ4n) is 3.76. The highest BCUT2D eigenvalue weighted by Crippen LogP contribution is 2.29. The highest BCUT2D eigenvalue weighted by atomic mass is 32.2. The molecule has 2 aromatic heterocycles. The molecule has 31 heavy (non-hydrogen) atoms. The monoisotopic (exact) mass is 455 g/mol. The maximum atomic E-state index is 12.8. The van der Waals surface area contributed by atoms with Crippen molar-refractivity contribution in [1.29, 1.82) is 0 Å². The summed E-state index contributed by atoms with van der Waals surface area (Å²) >= 11 is 3.01. The van der Waals surface area contributed by atoms with Crippen molar-refractivity contribution in [2.24, 2.45) is 0 Å². The Kier molecular flexibility index (Phi) is 7.09. The van der Waals surface area contributed by atoms with Crippen molar-refractivity contribution < 1.29 is 9.53 Å². The number of thiophene rings is 1. The van der Waals surface area contributed by atoms with Crippen LogP contribution in [0, 0.1) is 0 Å². The van der Waals surface area contributed by atoms with Crippen molar-refractivity contribution in [1.82, 2.24) is 14.9 Å². The molecule has 0 aliphatic heterocycles. The van der Waals surface area contributed by atoms with Gasteiger partial charge in [0.25, 0.3) is 0 Å². The first-order valence-electron chi connectivity index (χ1n) is 10.3. The summed E-state index contributed by atoms with van der Waals surface area (Å²) in [6.45, 7) is 1.00. The van der Waals surface area contributed by atoms with Crippen LogP contribution in [0.4, 0.5) is 0 Å². The summed E-state index contributed by atoms with van der Waals surface area (Å²) in [5.41, 5.74) is 2.96. The number of aromatic nitrogens is 2. The molecule has 1 aliphatic rings. The highest BCUT2D eigenvalue weighted by molar-refractivity contribution is 7.99. The Hall–Kier alpha value is -2.58. The van der Waals surface area contributed by atoms with Crippen LogP contribution >= 0.6 is 23.1 Å². The largest absolute Gasteiger partial charge is 0.497 e. The molecule has 0 spiro atoms. The maximum Gasteiger partial charge on any atom is 0.349 e. The van der Waals surface area contributed by atoms with Gasteiger partial charge in [0.2, 0.25) is 5.91 Å². The number of nitrogens with one attached hydrogen (secondary N) is 1. The van der Waals surface area contributed by atoms with E-state index < -0.39 is 0 Å². The quantitative estimate of drug-likeness (QED) is 0.415. The van der Waals surface area contributed by atoms with E-state index in [0.29, 0.717) is 18.1 Å². The first kappa shape index (κ1) is 21.6. The number of ether oxygens (including phenoxy) is 1. The lowest BCUT2D eigenvalue weighted by atomic mass is 9.97. The van der Waals surface area contributed by atoms with Crippen LogP contribution in [0.5, 0.6) is 5.75 Å². The third-order valence-corrected chi connectivity index (χ3v) is 7.19. The molecule has 4 rings (SSSR count). The average molecular weight is 456 g/mol. The van der Waals surface area contributed by atoms with E-state index in [-0.39, 0.29) is 17.3 Å². The van der Waals surface area contributed by atoms with Gasteiger partial charge in [-0.3, -0.25) is 9.36 Å². The second-order valence-corrected chi connectivity index (χ2v) is 9.41. The minimum absolute atomic E-state index is 0.0815. The standard InChI is InChI=1S/C23H25N3O3S2/c1-29-17-7-4-6-16(12-17)13-24-21(27)15-31-22-19-9-2-3-10-20(19)26(23(28)25-22)14-18-8-5-11-30-18/h4-8,11-12H,2-3,9-10,13-15H2,1H3,(H,24,27). The minimum Gasteiger partial charge on any atom is -0.497 e. The molecule has 0 saturated carbocycles. The molecular weight excluding hydrogens is 430 g/mol. The number of amides is 1. The number of carbonyl (C=O) groups excluding carboxylic acids is 1. The molecule has 0 atom stereocenters. The lowest BCUT2D eigenvalue weighted by Gasteiger charge is -2.22. The van der Waals surface area contributed by atoms with Crippen molar-refractivity contribution in [3.05, 3.63) is 74.0 Å². The first-order valence-corrected chi connectivity index (χ1v) is 12.2. The number of hydrogen-bond acceptors (Lipinski definition) is 6. The Morgan fingerprint density at radius 2 is 2.13 bits per heavy atom. The van der Waals surface area contributed by atoms with E-state index >= 15 is 0 Å². The summed E-state index contributed by atoms with van der Waals surface area (Å²) in [4.78, 5) is 30.7. The second-order valence-electron chi connectivity index (χ2n) is 7.41. The number of methoxy groups -OCH3 is 1. The molecule has 0 saturated heterocycles. The van der Waals surface area contributed by atoms with E-state index in [4.69, 9.17) is 4.74 Å². The third kappa shape index (κ3) is 5.37. The van der Waals surface area contributed by atoms with Gasteiger partial charge in [0, 0.05) is 22.7 Å². The average Bonchev–Trinajstić information content (AvgIpc) is 3.32. The number of nitrogens with zero attached hydrogens (tertiary/aromatic N) is 2. The molecule has 162 valence electrons. The van der Waals surface area contributed by atoms with E-state index in [1.165, 1.54) is 11.8 Å². The van der Waals surface area contributed by atoms with Gasteiger partial charge in [-0.15, -0.1) is 11.3 Å². The third-order valence-electron chi connectivity index (χ3n) is 5.31. The summed E-state index contributed by atoms with van der Waals surface area (Å²) in [6, 6.07) is 11.7. The summed E-state index contributed by atoms with van der Waals surface area (Å²) in [5, 5.41) is 5.66. The Labute approximate surface area is 189 Å². The minimum atomic E-state index is -0.228. The SMILES string of the molecule is COc1cccc(CNC(=O)CSc2nc(=O)n(Cc3cccs3)c3c2CCCC3)c1. The fraction of sp³-hybridized carbons (Fsp3) is 0.348. The van der Waals surface area contributed by atoms with Crippen LogP contribution in [0.2, 0.25) is 0 Å². The Morgan fingerprint density at radius 1 is 1.26 bits per heavy atom. The van der Waals surface area contributed by atoms with E-state index in [1.807, 2.05) is 46.3 Å². The van der Waals surface area contributed by atoms with E-state index in [1.54, 1.807) is 18.4 Å². The zero-order chi connectivity index (χ0) is 21.6. The summed E-state index contributed by atoms with van der Waals surface area (Å²) in [7, 11) is 1.62. The number of rotatable bonds is 8. The number of thioether (sulfide) groups is 1. The molecule has 1 amide bonds. The summed E-state index contributed by atoms with van der Waals surface area (Å²) in [6.07, 6.45) is 3.95. The van der Waals surface area contributed by atoms with Crippen molar-refractivity contribution in [2.75, 3.05) is 12.9 Å². The van der Waals surface area contributed by atoms with Gasteiger partial charge in [-0.25, -0.2) is 4.79 Å². The molecule has 1 aliphatic carbocycles. The molecule has 8 heteroatoms. The van der Waals surface area contributed by atoms with Crippen molar-refractivity contribution >= 4 is 29.0 Å². The molecule has 6 nitrogen and oxygen atoms in total. The topological polar surface area (TPSA) is 73.2 Å². The predicted molar refractivity (Wildman–Crippen MR) is 124 cm³/mol. The zero-order valence-corrected chi connectivity index (χ0v) is 19.1. The number of fused-ring (bicyclic) bond motifs is 1. The van der Waals surface area contributed by atoms with Gasteiger partial charge in [0.05, 0.1) is 19.4 Å². The van der Waals surface area contributed by atoms with Gasteiger partial charge >= 0.3 is 5.69 Å². The summed E-state index contributed by atoms with van der Waals surface area (Å²) < 4.78 is 7.03. The van der Waals surface area contributed by atoms with Crippen molar-refractivity contribution in [3.8, 4) is 5.75 Å². The zero-order valence-electron chi connectivity index (χ0n) is 17.4. The Morgan fingerprint density at radius 3 is 2.94 bits per heavy atom. The van der Waals surface area contributed by atoms with Gasteiger partial charge in [0.15, 0.2) is 0 Å². The van der Waals surface area contributed by atoms with Crippen LogP contribution in [0.15, 0.2) is 51.6 Å². The maximum absolute atomic E-state index is 12.8. The van der Waals surface area contributed by atoms with E-state index in [0.717, 1.165) is 53.1 Å². The molecule has 0 bridgehead atoms. The highest BCUT2D eigenvalue weighted by Gasteiger charge is 2.21. The molecule has 0 unspecified atom stereocenters. The molecule has 1 N–H and O–H groups in total. The van der Waals surface area contributed by atoms with Gasteiger partial charge in [0.1, 0.15) is 10.8 Å². The van der Waals surface area contributed by atoms with Crippen LogP contribution in [0.25, 0.3) is 0 Å². The first-order chi connectivity index (χ1) is 15.1. The predicted octanol–water partition coefficient (Wildman–Crippen LogP) is 3.65. The number of benzene rings is 1. The van der Waals surface area contributed by atoms with Crippen LogP contribution in [0.3, 0.4) is 0 Å². The molecular formula is C23H25N3O3S2. The van der Waals surface area contributed by atoms with E-state index in [9.17, 15) is 9.59 Å². The normalized spacial score (nSPS) is 12.9. The lowest BCUT2D eigenvalue weighted by molar-refractivity contribution is -0.118. The van der Waals surface area contributed by atoms with Crippen LogP contribution in [0.1, 0.15) is 34.5 Å². The molecule has 1 aromatic carbocycles. The van der Waals surface area contributed by atoms with E-state index in [2.05, 4.69) is 10.3 Å². The molecule has 0 radical (unpaired) electrons. The van der Waals surface area contributed by atoms with Gasteiger partial charge in [-0.05, 0) is 54.8 Å². The van der Waals surface area contributed by atoms with Crippen molar-refractivity contribution in [3.63, 3.8) is 0 Å². The second kappa shape index (κ2) is 10.2. The lowest BCUT2D eigenvalue weighted by Crippen LogP contribution is -2.31. The van der Waals surface area contributed by atoms with Crippen LogP contribution < -0.4 is 15.7 Å². The smallest absolute Gasteiger partial charge is 0.349 e. The van der Waals surface area contributed by atoms with Crippen molar-refractivity contribution in [2.45, 2.75) is 43.8 Å². The molecule has 0 fully saturated rings. The molecule has 2 heterocycles. The van der Waals surface area contributed by atoms with Gasteiger partial charge < -0.3 is 10.1 Å². The van der Waals surface area contributed by atoms with Gasteiger partial charge in [-0.1, -0.05) is 30.0 Å². The van der Waals surface area contributed by atoms with Gasteiger partial charge in [-0.2, -0.15) is 4.98 Å². The Balaban J connectivity index is 1.44. The summed E-state index contributed by atoms with van der Waals surface area (Å²) in [5.74, 6) is 0.916. The Bertz CT molecular complexity index is 1110. The van der Waals surface area contributed by atoms with Crippen LogP contribution in [-0.2, 0) is 30.7 Å². The number of hydrogen-bond donors (Lipinski definition) is 1.